The molecule has 0 fully saturated rings. The van der Waals surface area contributed by atoms with Crippen molar-refractivity contribution in [3.05, 3.63) is 67.3 Å². The molecular weight excluding hydrogens is 336 g/mol. The van der Waals surface area contributed by atoms with E-state index in [-0.39, 0.29) is 16.3 Å². The van der Waals surface area contributed by atoms with Gasteiger partial charge in [-0.25, -0.2) is 22.0 Å². The summed E-state index contributed by atoms with van der Waals surface area (Å²) in [5.74, 6) is 0. The van der Waals surface area contributed by atoms with Gasteiger partial charge in [-0.3, -0.25) is 4.31 Å². The van der Waals surface area contributed by atoms with Crippen LogP contribution in [0.1, 0.15) is 0 Å². The van der Waals surface area contributed by atoms with Gasteiger partial charge in [-0.1, -0.05) is 24.3 Å². The molecule has 122 valence electrons. The largest absolute Gasteiger partial charge is 0.264 e. The van der Waals surface area contributed by atoms with Crippen molar-refractivity contribution in [1.82, 2.24) is 0 Å². The smallest absolute Gasteiger partial charge is 0.263 e. The van der Waals surface area contributed by atoms with E-state index in [9.17, 15) is 16.8 Å². The van der Waals surface area contributed by atoms with E-state index in [4.69, 9.17) is 5.14 Å². The Morgan fingerprint density at radius 1 is 0.913 bits per heavy atom. The van der Waals surface area contributed by atoms with Crippen LogP contribution in [-0.4, -0.2) is 23.4 Å². The third-order valence-electron chi connectivity index (χ3n) is 3.08. The van der Waals surface area contributed by atoms with E-state index in [1.54, 1.807) is 30.3 Å². The van der Waals surface area contributed by atoms with Gasteiger partial charge >= 0.3 is 0 Å². The van der Waals surface area contributed by atoms with Crippen molar-refractivity contribution in [2.75, 3.05) is 10.8 Å². The minimum absolute atomic E-state index is 0.0318. The lowest BCUT2D eigenvalue weighted by Crippen LogP contribution is -2.31. The summed E-state index contributed by atoms with van der Waals surface area (Å²) in [5.41, 5.74) is 0.489. The molecule has 8 heteroatoms. The standard InChI is InChI=1S/C15H16N2O4S2/c1-2-12-17(13-6-4-3-5-7-13)23(20,21)15-10-8-14(9-11-15)22(16,18)19/h2-11H,1,12H2,(H2,16,18,19). The lowest BCUT2D eigenvalue weighted by molar-refractivity contribution is 0.590. The number of hydrogen-bond donors (Lipinski definition) is 1. The van der Waals surface area contributed by atoms with Crippen molar-refractivity contribution >= 4 is 25.7 Å². The number of nitrogens with two attached hydrogens (primary N) is 1. The van der Waals surface area contributed by atoms with Gasteiger partial charge in [0.25, 0.3) is 10.0 Å². The molecule has 0 aromatic heterocycles. The first kappa shape index (κ1) is 17.2. The Balaban J connectivity index is 2.48. The van der Waals surface area contributed by atoms with E-state index >= 15 is 0 Å². The predicted molar refractivity (Wildman–Crippen MR) is 89.0 cm³/mol. The van der Waals surface area contributed by atoms with Crippen molar-refractivity contribution in [1.29, 1.82) is 0 Å². The van der Waals surface area contributed by atoms with Gasteiger partial charge in [0.1, 0.15) is 0 Å². The lowest BCUT2D eigenvalue weighted by atomic mass is 10.3. The van der Waals surface area contributed by atoms with Gasteiger partial charge in [0.2, 0.25) is 10.0 Å². The highest BCUT2D eigenvalue weighted by Crippen LogP contribution is 2.24. The van der Waals surface area contributed by atoms with E-state index in [0.29, 0.717) is 5.69 Å². The van der Waals surface area contributed by atoms with Crippen LogP contribution in [0.3, 0.4) is 0 Å². The van der Waals surface area contributed by atoms with Gasteiger partial charge in [0, 0.05) is 0 Å². The second-order valence-electron chi connectivity index (χ2n) is 4.68. The van der Waals surface area contributed by atoms with E-state index in [2.05, 4.69) is 6.58 Å². The molecule has 0 spiro atoms. The summed E-state index contributed by atoms with van der Waals surface area (Å²) in [4.78, 5) is -0.179. The van der Waals surface area contributed by atoms with Gasteiger partial charge in [-0.05, 0) is 36.4 Å². The summed E-state index contributed by atoms with van der Waals surface area (Å²) in [6.45, 7) is 3.66. The quantitative estimate of drug-likeness (QED) is 0.800. The van der Waals surface area contributed by atoms with Crippen LogP contribution in [0, 0.1) is 0 Å². The molecule has 6 nitrogen and oxygen atoms in total. The summed E-state index contributed by atoms with van der Waals surface area (Å²) in [6.07, 6.45) is 1.48. The Bertz CT molecular complexity index is 890. The number of anilines is 1. The number of benzene rings is 2. The summed E-state index contributed by atoms with van der Waals surface area (Å²) in [7, 11) is -7.72. The minimum Gasteiger partial charge on any atom is -0.263 e. The first-order valence-electron chi connectivity index (χ1n) is 6.58. The zero-order chi connectivity index (χ0) is 17.1. The summed E-state index contributed by atoms with van der Waals surface area (Å²) in [5, 5.41) is 5.01. The van der Waals surface area contributed by atoms with E-state index in [1.807, 2.05) is 0 Å². The molecule has 2 aromatic carbocycles. The van der Waals surface area contributed by atoms with Crippen LogP contribution in [0.15, 0.2) is 77.0 Å². The van der Waals surface area contributed by atoms with Crippen LogP contribution in [0.2, 0.25) is 0 Å². The normalized spacial score (nSPS) is 11.9. The second kappa shape index (κ2) is 6.53. The molecule has 23 heavy (non-hydrogen) atoms. The molecule has 2 rings (SSSR count). The number of nitrogens with zero attached hydrogens (tertiary/aromatic N) is 1. The first-order valence-corrected chi connectivity index (χ1v) is 9.57. The maximum Gasteiger partial charge on any atom is 0.264 e. The molecule has 0 amide bonds. The number of sulfonamides is 2. The SMILES string of the molecule is C=CCN(c1ccccc1)S(=O)(=O)c1ccc(S(N)(=O)=O)cc1. The van der Waals surface area contributed by atoms with Crippen LogP contribution in [-0.2, 0) is 20.0 Å². The molecule has 0 saturated carbocycles. The Kier molecular flexibility index (Phi) is 4.88. The van der Waals surface area contributed by atoms with Crippen LogP contribution >= 0.6 is 0 Å². The molecule has 0 bridgehead atoms. The number of para-hydroxylation sites is 1. The lowest BCUT2D eigenvalue weighted by Gasteiger charge is -2.23. The number of hydrogen-bond acceptors (Lipinski definition) is 4. The van der Waals surface area contributed by atoms with Crippen LogP contribution in [0.4, 0.5) is 5.69 Å². The van der Waals surface area contributed by atoms with E-state index in [1.165, 1.54) is 34.6 Å². The van der Waals surface area contributed by atoms with Crippen molar-refractivity contribution in [2.24, 2.45) is 5.14 Å². The van der Waals surface area contributed by atoms with Crippen molar-refractivity contribution in [3.63, 3.8) is 0 Å². The van der Waals surface area contributed by atoms with Crippen molar-refractivity contribution in [3.8, 4) is 0 Å². The van der Waals surface area contributed by atoms with Crippen LogP contribution < -0.4 is 9.44 Å². The number of rotatable bonds is 6. The maximum atomic E-state index is 12.8. The van der Waals surface area contributed by atoms with Gasteiger partial charge in [0.05, 0.1) is 22.0 Å². The fourth-order valence-corrected chi connectivity index (χ4v) is 3.93. The van der Waals surface area contributed by atoms with Gasteiger partial charge < -0.3 is 0 Å². The third-order valence-corrected chi connectivity index (χ3v) is 5.82. The topological polar surface area (TPSA) is 97.5 Å². The second-order valence-corrected chi connectivity index (χ2v) is 8.10. The Morgan fingerprint density at radius 3 is 1.91 bits per heavy atom. The van der Waals surface area contributed by atoms with Crippen LogP contribution in [0.25, 0.3) is 0 Å². The number of primary sulfonamides is 1. The summed E-state index contributed by atoms with van der Waals surface area (Å²) >= 11 is 0. The molecular formula is C15H16N2O4S2. The third kappa shape index (κ3) is 3.79. The average molecular weight is 352 g/mol. The molecule has 2 N–H and O–H groups in total. The highest BCUT2D eigenvalue weighted by atomic mass is 32.2. The van der Waals surface area contributed by atoms with Gasteiger partial charge in [-0.15, -0.1) is 6.58 Å². The predicted octanol–water partition coefficient (Wildman–Crippen LogP) is 1.72. The monoisotopic (exact) mass is 352 g/mol. The molecule has 0 saturated heterocycles. The first-order chi connectivity index (χ1) is 10.8. The molecule has 0 atom stereocenters. The van der Waals surface area contributed by atoms with E-state index < -0.39 is 20.0 Å². The molecule has 0 heterocycles. The zero-order valence-corrected chi connectivity index (χ0v) is 13.8. The molecule has 0 aliphatic rings. The zero-order valence-electron chi connectivity index (χ0n) is 12.2. The fraction of sp³-hybridized carbons (Fsp3) is 0.0667. The molecule has 0 aliphatic heterocycles. The molecule has 0 aliphatic carbocycles. The maximum absolute atomic E-state index is 12.8. The average Bonchev–Trinajstić information content (AvgIpc) is 2.52. The fourth-order valence-electron chi connectivity index (χ4n) is 1.98. The molecule has 0 radical (unpaired) electrons. The Hall–Kier alpha value is -2.16. The van der Waals surface area contributed by atoms with Gasteiger partial charge in [-0.2, -0.15) is 0 Å². The molecule has 2 aromatic rings. The molecule has 0 unspecified atom stereocenters. The summed E-state index contributed by atoms with van der Waals surface area (Å²) in [6, 6.07) is 13.3. The van der Waals surface area contributed by atoms with Crippen molar-refractivity contribution in [2.45, 2.75) is 9.79 Å². The Morgan fingerprint density at radius 2 is 1.43 bits per heavy atom. The van der Waals surface area contributed by atoms with Crippen molar-refractivity contribution < 1.29 is 16.8 Å². The van der Waals surface area contributed by atoms with E-state index in [0.717, 1.165) is 0 Å². The minimum atomic E-state index is -3.87. The highest BCUT2D eigenvalue weighted by Gasteiger charge is 2.24. The van der Waals surface area contributed by atoms with Gasteiger partial charge in [0.15, 0.2) is 0 Å². The summed E-state index contributed by atoms with van der Waals surface area (Å²) < 4.78 is 49.3. The Labute approximate surface area is 136 Å². The van der Waals surface area contributed by atoms with Crippen LogP contribution in [0.5, 0.6) is 0 Å². The highest BCUT2D eigenvalue weighted by molar-refractivity contribution is 7.92.